The van der Waals surface area contributed by atoms with E-state index >= 15 is 0 Å². The number of phosphoric acid groups is 1. The molecule has 2 radical (unpaired) electrons. The van der Waals surface area contributed by atoms with E-state index in [9.17, 15) is 14.0 Å². The Morgan fingerprint density at radius 1 is 1.37 bits per heavy atom. The highest BCUT2D eigenvalue weighted by Gasteiger charge is 2.39. The Balaban J connectivity index is 2.52. The molecule has 1 heterocycles. The maximum absolute atomic E-state index is 11.7. The van der Waals surface area contributed by atoms with Gasteiger partial charge in [-0.05, 0) is 0 Å². The molecular formula is C8H17BO8P2. The van der Waals surface area contributed by atoms with Gasteiger partial charge in [0.15, 0.2) is 0 Å². The number of hydrogen-bond acceptors (Lipinski definition) is 5. The molecule has 4 atom stereocenters. The van der Waals surface area contributed by atoms with Gasteiger partial charge in [-0.2, -0.15) is 0 Å². The Morgan fingerprint density at radius 3 is 2.42 bits per heavy atom. The van der Waals surface area contributed by atoms with Gasteiger partial charge in [-0.25, -0.2) is 4.57 Å². The third-order valence-corrected chi connectivity index (χ3v) is 4.94. The summed E-state index contributed by atoms with van der Waals surface area (Å²) in [5.41, 5.74) is -0.579. The second kappa shape index (κ2) is 6.37. The van der Waals surface area contributed by atoms with Crippen molar-refractivity contribution in [1.29, 1.82) is 0 Å². The zero-order valence-electron chi connectivity index (χ0n) is 10.6. The first-order valence-corrected chi connectivity index (χ1v) is 8.81. The van der Waals surface area contributed by atoms with Gasteiger partial charge in [-0.15, -0.1) is 0 Å². The molecule has 0 spiro atoms. The minimum absolute atomic E-state index is 0.123. The molecule has 110 valence electrons. The molecule has 11 heteroatoms. The lowest BCUT2D eigenvalue weighted by atomic mass is 9.95. The van der Waals surface area contributed by atoms with E-state index in [-0.39, 0.29) is 13.0 Å². The van der Waals surface area contributed by atoms with Crippen LogP contribution in [0.5, 0.6) is 0 Å². The van der Waals surface area contributed by atoms with Crippen LogP contribution in [0.15, 0.2) is 0 Å². The van der Waals surface area contributed by atoms with Gasteiger partial charge >= 0.3 is 15.4 Å². The molecule has 0 saturated carbocycles. The van der Waals surface area contributed by atoms with Gasteiger partial charge in [0.25, 0.3) is 0 Å². The van der Waals surface area contributed by atoms with Crippen LogP contribution in [0.1, 0.15) is 20.3 Å². The van der Waals surface area contributed by atoms with Crippen molar-refractivity contribution in [3.8, 4) is 0 Å². The molecule has 1 fully saturated rings. The Labute approximate surface area is 112 Å². The smallest absolute Gasteiger partial charge is 0.380 e. The highest BCUT2D eigenvalue weighted by Crippen LogP contribution is 2.50. The molecule has 0 aliphatic carbocycles. The van der Waals surface area contributed by atoms with E-state index in [1.807, 2.05) is 0 Å². The zero-order chi connectivity index (χ0) is 14.8. The first kappa shape index (κ1) is 17.3. The fourth-order valence-corrected chi connectivity index (χ4v) is 2.66. The van der Waals surface area contributed by atoms with E-state index in [0.717, 1.165) is 0 Å². The summed E-state index contributed by atoms with van der Waals surface area (Å²) in [6.45, 7) is 2.71. The predicted molar refractivity (Wildman–Crippen MR) is 66.9 cm³/mol. The molecular weight excluding hydrogens is 297 g/mol. The summed E-state index contributed by atoms with van der Waals surface area (Å²) in [5.74, 6) is 0. The summed E-state index contributed by atoms with van der Waals surface area (Å²) in [7, 11) is -2.78. The van der Waals surface area contributed by atoms with E-state index in [2.05, 4.69) is 4.52 Å². The van der Waals surface area contributed by atoms with Crippen LogP contribution in [0.3, 0.4) is 0 Å². The Morgan fingerprint density at radius 2 is 1.95 bits per heavy atom. The van der Waals surface area contributed by atoms with Gasteiger partial charge in [0.2, 0.25) is 0 Å². The predicted octanol–water partition coefficient (Wildman–Crippen LogP) is 0.358. The van der Waals surface area contributed by atoms with Crippen LogP contribution in [0.2, 0.25) is 0 Å². The molecule has 0 aromatic rings. The van der Waals surface area contributed by atoms with Crippen molar-refractivity contribution in [2.24, 2.45) is 0 Å². The van der Waals surface area contributed by atoms with Crippen molar-refractivity contribution in [2.45, 2.75) is 44.1 Å². The molecule has 3 N–H and O–H groups in total. The monoisotopic (exact) mass is 314 g/mol. The Bertz CT molecular complexity index is 396. The van der Waals surface area contributed by atoms with E-state index in [0.29, 0.717) is 0 Å². The molecule has 1 unspecified atom stereocenters. The first-order valence-electron chi connectivity index (χ1n) is 5.63. The molecule has 8 nitrogen and oxygen atoms in total. The molecule has 19 heavy (non-hydrogen) atoms. The number of phosphoric ester groups is 1. The second-order valence-electron chi connectivity index (χ2n) is 4.55. The van der Waals surface area contributed by atoms with Crippen LogP contribution in [0.4, 0.5) is 0 Å². The lowest BCUT2D eigenvalue weighted by Crippen LogP contribution is -2.24. The third-order valence-electron chi connectivity index (χ3n) is 2.58. The van der Waals surface area contributed by atoms with E-state index in [1.54, 1.807) is 0 Å². The lowest BCUT2D eigenvalue weighted by Gasteiger charge is -2.21. The minimum atomic E-state index is -4.58. The van der Waals surface area contributed by atoms with E-state index in [4.69, 9.17) is 26.9 Å². The average Bonchev–Trinajstić information content (AvgIpc) is 2.55. The van der Waals surface area contributed by atoms with Crippen LogP contribution in [0, 0.1) is 0 Å². The maximum Gasteiger partial charge on any atom is 0.469 e. The van der Waals surface area contributed by atoms with Crippen LogP contribution < -0.4 is 0 Å². The van der Waals surface area contributed by atoms with Crippen molar-refractivity contribution in [3.63, 3.8) is 0 Å². The summed E-state index contributed by atoms with van der Waals surface area (Å²) in [6.07, 6.45) is -1.39. The topological polar surface area (TPSA) is 123 Å². The zero-order valence-corrected chi connectivity index (χ0v) is 12.4. The van der Waals surface area contributed by atoms with Crippen molar-refractivity contribution < 1.29 is 37.6 Å². The molecule has 1 aliphatic rings. The van der Waals surface area contributed by atoms with Crippen LogP contribution in [0.25, 0.3) is 0 Å². The van der Waals surface area contributed by atoms with Gasteiger partial charge < -0.3 is 23.9 Å². The normalized spacial score (nSPS) is 31.6. The van der Waals surface area contributed by atoms with Crippen LogP contribution >= 0.6 is 15.4 Å². The highest BCUT2D eigenvalue weighted by molar-refractivity contribution is 7.53. The molecule has 1 aliphatic heterocycles. The lowest BCUT2D eigenvalue weighted by molar-refractivity contribution is 0.0306. The van der Waals surface area contributed by atoms with Gasteiger partial charge in [-0.1, -0.05) is 13.8 Å². The van der Waals surface area contributed by atoms with Crippen molar-refractivity contribution in [3.05, 3.63) is 0 Å². The molecule has 0 aromatic heterocycles. The highest BCUT2D eigenvalue weighted by atomic mass is 31.2. The van der Waals surface area contributed by atoms with Gasteiger partial charge in [-0.3, -0.25) is 9.09 Å². The molecule has 0 aromatic carbocycles. The molecule has 1 saturated heterocycles. The van der Waals surface area contributed by atoms with Gasteiger partial charge in [0.05, 0.1) is 24.5 Å². The molecule has 0 amide bonds. The summed E-state index contributed by atoms with van der Waals surface area (Å²) in [6, 6.07) is -0.940. The quantitative estimate of drug-likeness (QED) is 0.474. The fraction of sp³-hybridized carbons (Fsp3) is 1.00. The summed E-state index contributed by atoms with van der Waals surface area (Å²) in [5, 5.41) is 0. The number of rotatable bonds is 6. The largest absolute Gasteiger partial charge is 0.469 e. The molecule has 0 bridgehead atoms. The second-order valence-corrected chi connectivity index (χ2v) is 8.16. The standard InChI is InChI=1S/C8H17BO8P2/c1-5(2)18(10,11)17-7-3-6(16-8(7)9)4-15-19(12,13)14/h5-8H,3-4H2,1-2H3,(H,10,11)(H2,12,13,14)/t6-,7+,8+/m0/s1. The number of hydrogen-bond donors (Lipinski definition) is 3. The number of ether oxygens (including phenoxy) is 1. The van der Waals surface area contributed by atoms with Gasteiger partial charge in [0.1, 0.15) is 7.85 Å². The van der Waals surface area contributed by atoms with Crippen LogP contribution in [-0.4, -0.2) is 53.0 Å². The summed E-state index contributed by atoms with van der Waals surface area (Å²) in [4.78, 5) is 26.7. The first-order chi connectivity index (χ1) is 8.51. The Hall–Kier alpha value is 0.285. The summed E-state index contributed by atoms with van der Waals surface area (Å²) >= 11 is 0. The average molecular weight is 314 g/mol. The Kier molecular flexibility index (Phi) is 5.81. The van der Waals surface area contributed by atoms with Gasteiger partial charge in [0, 0.05) is 12.4 Å². The van der Waals surface area contributed by atoms with E-state index in [1.165, 1.54) is 13.8 Å². The molecule has 1 rings (SSSR count). The third kappa shape index (κ3) is 5.65. The van der Waals surface area contributed by atoms with E-state index < -0.39 is 39.3 Å². The fourth-order valence-electron chi connectivity index (χ4n) is 1.46. The minimum Gasteiger partial charge on any atom is -0.380 e. The maximum atomic E-state index is 11.7. The van der Waals surface area contributed by atoms with Crippen molar-refractivity contribution >= 4 is 23.3 Å². The van der Waals surface area contributed by atoms with Crippen LogP contribution in [-0.2, 0) is 22.9 Å². The van der Waals surface area contributed by atoms with Crippen molar-refractivity contribution in [1.82, 2.24) is 0 Å². The van der Waals surface area contributed by atoms with Crippen molar-refractivity contribution in [2.75, 3.05) is 6.61 Å². The summed E-state index contributed by atoms with van der Waals surface area (Å²) < 4.78 is 36.7. The SMILES string of the molecule is [B][C@@H]1O[C@H](COP(=O)(O)O)C[C@H]1OP(=O)(O)C(C)C.